The van der Waals surface area contributed by atoms with Gasteiger partial charge in [-0.2, -0.15) is 0 Å². The lowest BCUT2D eigenvalue weighted by Crippen LogP contribution is -2.09. The first-order chi connectivity index (χ1) is 7.66. The molecule has 0 amide bonds. The van der Waals surface area contributed by atoms with Crippen molar-refractivity contribution in [2.24, 2.45) is 5.92 Å². The Kier molecular flexibility index (Phi) is 3.37. The molecule has 1 aliphatic rings. The van der Waals surface area contributed by atoms with E-state index in [1.165, 1.54) is 31.2 Å². The Balaban J connectivity index is 2.00. The lowest BCUT2D eigenvalue weighted by atomic mass is 10.1. The van der Waals surface area contributed by atoms with E-state index in [9.17, 15) is 0 Å². The van der Waals surface area contributed by atoms with Crippen LogP contribution < -0.4 is 10.5 Å². The molecule has 0 aliphatic heterocycles. The number of ether oxygens (including phenoxy) is 1. The van der Waals surface area contributed by atoms with Crippen LogP contribution in [0.15, 0.2) is 12.1 Å². The van der Waals surface area contributed by atoms with Gasteiger partial charge in [0, 0.05) is 11.8 Å². The molecule has 0 atom stereocenters. The zero-order valence-corrected chi connectivity index (χ0v) is 10.3. The third-order valence-corrected chi connectivity index (χ3v) is 3.51. The maximum atomic E-state index is 5.89. The Morgan fingerprint density at radius 1 is 1.19 bits per heavy atom. The number of nitrogens with two attached hydrogens (primary N) is 1. The van der Waals surface area contributed by atoms with E-state index < -0.39 is 0 Å². The predicted molar refractivity (Wildman–Crippen MR) is 67.8 cm³/mol. The minimum atomic E-state index is 0.752. The van der Waals surface area contributed by atoms with Gasteiger partial charge < -0.3 is 10.5 Å². The quantitative estimate of drug-likeness (QED) is 0.790. The van der Waals surface area contributed by atoms with Crippen LogP contribution >= 0.6 is 0 Å². The summed E-state index contributed by atoms with van der Waals surface area (Å²) < 4.78 is 5.88. The molecule has 0 unspecified atom stereocenters. The van der Waals surface area contributed by atoms with Gasteiger partial charge in [-0.3, -0.25) is 0 Å². The van der Waals surface area contributed by atoms with Gasteiger partial charge in [0.2, 0.25) is 0 Å². The molecule has 1 saturated carbocycles. The van der Waals surface area contributed by atoms with E-state index in [0.29, 0.717) is 0 Å². The predicted octanol–water partition coefficient (Wildman–Crippen LogP) is 3.45. The number of aryl methyl sites for hydroxylation is 2. The molecule has 0 spiro atoms. The van der Waals surface area contributed by atoms with Crippen molar-refractivity contribution in [2.45, 2.75) is 39.5 Å². The number of hydrogen-bond donors (Lipinski definition) is 1. The summed E-state index contributed by atoms with van der Waals surface area (Å²) in [6, 6.07) is 4.05. The summed E-state index contributed by atoms with van der Waals surface area (Å²) in [5.41, 5.74) is 9.03. The maximum absolute atomic E-state index is 5.89. The molecule has 16 heavy (non-hydrogen) atoms. The zero-order chi connectivity index (χ0) is 11.5. The molecular formula is C14H21NO. The van der Waals surface area contributed by atoms with Crippen molar-refractivity contribution >= 4 is 5.69 Å². The third kappa shape index (κ3) is 2.49. The van der Waals surface area contributed by atoms with Crippen LogP contribution in [0.3, 0.4) is 0 Å². The minimum Gasteiger partial charge on any atom is -0.493 e. The van der Waals surface area contributed by atoms with Crippen molar-refractivity contribution < 1.29 is 4.74 Å². The highest BCUT2D eigenvalue weighted by atomic mass is 16.5. The monoisotopic (exact) mass is 219 g/mol. The van der Waals surface area contributed by atoms with E-state index >= 15 is 0 Å². The van der Waals surface area contributed by atoms with Crippen molar-refractivity contribution in [3.05, 3.63) is 23.3 Å². The van der Waals surface area contributed by atoms with Crippen LogP contribution in [0.2, 0.25) is 0 Å². The van der Waals surface area contributed by atoms with Crippen LogP contribution in [0, 0.1) is 19.8 Å². The fourth-order valence-electron chi connectivity index (χ4n) is 2.39. The first-order valence-corrected chi connectivity index (χ1v) is 6.16. The smallest absolute Gasteiger partial charge is 0.124 e. The molecule has 2 rings (SSSR count). The molecule has 1 aromatic carbocycles. The normalized spacial score (nSPS) is 16.6. The van der Waals surface area contributed by atoms with Gasteiger partial charge in [0.15, 0.2) is 0 Å². The van der Waals surface area contributed by atoms with Crippen molar-refractivity contribution in [1.82, 2.24) is 0 Å². The van der Waals surface area contributed by atoms with E-state index in [1.807, 2.05) is 13.0 Å². The number of nitrogen functional groups attached to an aromatic ring is 1. The number of anilines is 1. The lowest BCUT2D eigenvalue weighted by molar-refractivity contribution is 0.251. The summed E-state index contributed by atoms with van der Waals surface area (Å²) in [4.78, 5) is 0. The van der Waals surface area contributed by atoms with E-state index in [1.54, 1.807) is 0 Å². The molecule has 2 N–H and O–H groups in total. The molecule has 0 bridgehead atoms. The van der Waals surface area contributed by atoms with Gasteiger partial charge >= 0.3 is 0 Å². The molecule has 2 nitrogen and oxygen atoms in total. The van der Waals surface area contributed by atoms with E-state index in [0.717, 1.165) is 29.5 Å². The van der Waals surface area contributed by atoms with Crippen molar-refractivity contribution in [2.75, 3.05) is 12.3 Å². The Labute approximate surface area is 97.8 Å². The van der Waals surface area contributed by atoms with Crippen molar-refractivity contribution in [3.63, 3.8) is 0 Å². The van der Waals surface area contributed by atoms with Crippen molar-refractivity contribution in [3.8, 4) is 5.75 Å². The Morgan fingerprint density at radius 3 is 2.56 bits per heavy atom. The molecule has 0 heterocycles. The highest BCUT2D eigenvalue weighted by Gasteiger charge is 2.16. The van der Waals surface area contributed by atoms with E-state index in [-0.39, 0.29) is 0 Å². The average Bonchev–Trinajstić information content (AvgIpc) is 2.74. The standard InChI is InChI=1S/C14H21NO/c1-10-7-11(2)14(8-13(10)15)16-9-12-5-3-4-6-12/h7-8,12H,3-6,9,15H2,1-2H3. The van der Waals surface area contributed by atoms with Gasteiger partial charge in [-0.1, -0.05) is 18.9 Å². The molecule has 88 valence electrons. The van der Waals surface area contributed by atoms with Gasteiger partial charge in [-0.05, 0) is 43.7 Å². The van der Waals surface area contributed by atoms with Crippen LogP contribution in [-0.2, 0) is 0 Å². The topological polar surface area (TPSA) is 35.2 Å². The van der Waals surface area contributed by atoms with E-state index in [2.05, 4.69) is 13.0 Å². The summed E-state index contributed by atoms with van der Waals surface area (Å²) in [6.45, 7) is 4.96. The molecular weight excluding hydrogens is 198 g/mol. The molecule has 1 aromatic rings. The summed E-state index contributed by atoms with van der Waals surface area (Å²) >= 11 is 0. The Bertz CT molecular complexity index is 367. The van der Waals surface area contributed by atoms with Crippen LogP contribution in [0.1, 0.15) is 36.8 Å². The number of rotatable bonds is 3. The summed E-state index contributed by atoms with van der Waals surface area (Å²) in [6.07, 6.45) is 5.37. The SMILES string of the molecule is Cc1cc(C)c(OCC2CCCC2)cc1N. The molecule has 1 aliphatic carbocycles. The summed E-state index contributed by atoms with van der Waals surface area (Å²) in [5.74, 6) is 1.71. The first-order valence-electron chi connectivity index (χ1n) is 6.16. The first kappa shape index (κ1) is 11.3. The Hall–Kier alpha value is -1.18. The fraction of sp³-hybridized carbons (Fsp3) is 0.571. The molecule has 2 heteroatoms. The third-order valence-electron chi connectivity index (χ3n) is 3.51. The second-order valence-corrected chi connectivity index (χ2v) is 4.94. The number of hydrogen-bond acceptors (Lipinski definition) is 2. The van der Waals surface area contributed by atoms with Crippen LogP contribution in [-0.4, -0.2) is 6.61 Å². The molecule has 0 saturated heterocycles. The van der Waals surface area contributed by atoms with Gasteiger partial charge in [-0.15, -0.1) is 0 Å². The largest absolute Gasteiger partial charge is 0.493 e. The average molecular weight is 219 g/mol. The summed E-state index contributed by atoms with van der Waals surface area (Å²) in [7, 11) is 0. The lowest BCUT2D eigenvalue weighted by Gasteiger charge is -2.14. The van der Waals surface area contributed by atoms with Crippen LogP contribution in [0.5, 0.6) is 5.75 Å². The maximum Gasteiger partial charge on any atom is 0.124 e. The highest BCUT2D eigenvalue weighted by molar-refractivity contribution is 5.54. The van der Waals surface area contributed by atoms with Crippen LogP contribution in [0.4, 0.5) is 5.69 Å². The molecule has 1 fully saturated rings. The Morgan fingerprint density at radius 2 is 1.88 bits per heavy atom. The molecule has 0 aromatic heterocycles. The van der Waals surface area contributed by atoms with Gasteiger partial charge in [0.1, 0.15) is 5.75 Å². The van der Waals surface area contributed by atoms with Crippen LogP contribution in [0.25, 0.3) is 0 Å². The highest BCUT2D eigenvalue weighted by Crippen LogP contribution is 2.28. The number of benzene rings is 1. The summed E-state index contributed by atoms with van der Waals surface area (Å²) in [5, 5.41) is 0. The molecule has 0 radical (unpaired) electrons. The second-order valence-electron chi connectivity index (χ2n) is 4.94. The van der Waals surface area contributed by atoms with Gasteiger partial charge in [0.05, 0.1) is 6.61 Å². The van der Waals surface area contributed by atoms with Gasteiger partial charge in [-0.25, -0.2) is 0 Å². The van der Waals surface area contributed by atoms with Crippen molar-refractivity contribution in [1.29, 1.82) is 0 Å². The fourth-order valence-corrected chi connectivity index (χ4v) is 2.39. The minimum absolute atomic E-state index is 0.752. The van der Waals surface area contributed by atoms with Gasteiger partial charge in [0.25, 0.3) is 0 Å². The second kappa shape index (κ2) is 4.77. The van der Waals surface area contributed by atoms with E-state index in [4.69, 9.17) is 10.5 Å². The zero-order valence-electron chi connectivity index (χ0n) is 10.3.